The first-order chi connectivity index (χ1) is 20.8. The molecule has 4 amide bonds. The third kappa shape index (κ3) is 7.73. The van der Waals surface area contributed by atoms with E-state index in [-0.39, 0.29) is 31.2 Å². The molecule has 2 saturated carbocycles. The number of nitrogens with zero attached hydrogens (tertiary/aromatic N) is 2. The summed E-state index contributed by atoms with van der Waals surface area (Å²) in [5, 5.41) is 23.7. The largest absolute Gasteiger partial charge is 0.465 e. The number of allylic oxidation sites excluding steroid dienone is 1. The summed E-state index contributed by atoms with van der Waals surface area (Å²) in [6.45, 7) is 17.9. The lowest BCUT2D eigenvalue weighted by atomic mass is 9.83. The number of carbonyl (C=O) groups excluding carboxylic acids is 3. The minimum absolute atomic E-state index is 0.119. The van der Waals surface area contributed by atoms with E-state index >= 15 is 0 Å². The second kappa shape index (κ2) is 13.4. The number of aliphatic hydroxyl groups excluding tert-OH is 1. The van der Waals surface area contributed by atoms with Gasteiger partial charge in [-0.15, -0.1) is 13.2 Å². The smallest absolute Gasteiger partial charge is 0.408 e. The molecule has 4 N–H and O–H groups in total. The monoisotopic (exact) mass is 652 g/mol. The number of rotatable bonds is 15. The summed E-state index contributed by atoms with van der Waals surface area (Å²) >= 11 is 0. The Bertz CT molecular complexity index is 1290. The van der Waals surface area contributed by atoms with Crippen molar-refractivity contribution in [2.45, 2.75) is 127 Å². The minimum Gasteiger partial charge on any atom is -0.465 e. The van der Waals surface area contributed by atoms with Gasteiger partial charge in [-0.25, -0.2) is 13.2 Å². The molecule has 45 heavy (non-hydrogen) atoms. The summed E-state index contributed by atoms with van der Waals surface area (Å²) in [6, 6.07) is -2.34. The zero-order valence-corrected chi connectivity index (χ0v) is 28.4. The van der Waals surface area contributed by atoms with E-state index in [1.54, 1.807) is 27.7 Å². The molecule has 0 aromatic heterocycles. The van der Waals surface area contributed by atoms with E-state index in [0.717, 1.165) is 17.7 Å². The first-order valence-corrected chi connectivity index (χ1v) is 17.4. The number of carbonyl (C=O) groups is 4. The molecule has 0 aromatic rings. The maximum atomic E-state index is 14.5. The van der Waals surface area contributed by atoms with Crippen molar-refractivity contribution in [3.63, 3.8) is 0 Å². The van der Waals surface area contributed by atoms with Crippen molar-refractivity contribution in [3.05, 3.63) is 25.3 Å². The molecule has 0 aromatic carbocycles. The zero-order valence-electron chi connectivity index (χ0n) is 27.5. The zero-order chi connectivity index (χ0) is 34.1. The highest BCUT2D eigenvalue weighted by Crippen LogP contribution is 2.47. The fourth-order valence-electron chi connectivity index (χ4n) is 6.50. The molecule has 0 radical (unpaired) electrons. The molecule has 2 aliphatic carbocycles. The third-order valence-corrected chi connectivity index (χ3v) is 11.9. The summed E-state index contributed by atoms with van der Waals surface area (Å²) in [6.07, 6.45) is 4.48. The van der Waals surface area contributed by atoms with Gasteiger partial charge in [-0.2, -0.15) is 0 Å². The van der Waals surface area contributed by atoms with Gasteiger partial charge in [-0.3, -0.25) is 24.0 Å². The average Bonchev–Trinajstić information content (AvgIpc) is 3.83. The summed E-state index contributed by atoms with van der Waals surface area (Å²) in [5.74, 6) is -2.93. The second-order valence-corrected chi connectivity index (χ2v) is 16.6. The van der Waals surface area contributed by atoms with Crippen LogP contribution in [0.25, 0.3) is 0 Å². The van der Waals surface area contributed by atoms with Gasteiger partial charge in [0.1, 0.15) is 17.6 Å². The average molecular weight is 653 g/mol. The fraction of sp³-hybridized carbons (Fsp3) is 0.750. The lowest BCUT2D eigenvalue weighted by molar-refractivity contribution is -0.146. The molecule has 0 bridgehead atoms. The second-order valence-electron chi connectivity index (χ2n) is 14.4. The van der Waals surface area contributed by atoms with Crippen molar-refractivity contribution in [2.24, 2.45) is 17.8 Å². The van der Waals surface area contributed by atoms with Crippen molar-refractivity contribution in [2.75, 3.05) is 6.54 Å². The molecule has 1 heterocycles. The Balaban J connectivity index is 1.93. The van der Waals surface area contributed by atoms with Crippen LogP contribution in [-0.4, -0.2) is 92.8 Å². The Hall–Kier alpha value is -2.93. The van der Waals surface area contributed by atoms with Crippen LogP contribution in [-0.2, 0) is 24.4 Å². The predicted octanol–water partition coefficient (Wildman–Crippen LogP) is 3.17. The number of likely N-dealkylation sites (tertiary alicyclic amines) is 1. The van der Waals surface area contributed by atoms with Gasteiger partial charge in [0.2, 0.25) is 21.8 Å². The SMILES string of the molecule is C=CCCC(C)C[C@@H](CC)[C@@H](C(=O)N1C[C@H](O)C[C@H]1C(=O)N[C@]1(C(=O)NS(=O)(=O)C2(C)CC2)C[C@H]1C=C)N(C(=O)O)C(C)(C)C. The number of sulfonamides is 1. The number of aliphatic hydroxyl groups is 1. The van der Waals surface area contributed by atoms with Crippen LogP contribution in [0.2, 0.25) is 0 Å². The van der Waals surface area contributed by atoms with Crippen molar-refractivity contribution in [1.29, 1.82) is 0 Å². The lowest BCUT2D eigenvalue weighted by Crippen LogP contribution is -2.62. The van der Waals surface area contributed by atoms with Gasteiger partial charge in [-0.05, 0) is 78.1 Å². The Morgan fingerprint density at radius 1 is 1.18 bits per heavy atom. The van der Waals surface area contributed by atoms with Crippen LogP contribution in [0.3, 0.4) is 0 Å². The first-order valence-electron chi connectivity index (χ1n) is 15.9. The number of hydrogen-bond acceptors (Lipinski definition) is 7. The van der Waals surface area contributed by atoms with Crippen LogP contribution in [0, 0.1) is 17.8 Å². The molecule has 3 fully saturated rings. The molecule has 1 aliphatic heterocycles. The van der Waals surface area contributed by atoms with E-state index in [9.17, 15) is 37.8 Å². The number of hydrogen-bond donors (Lipinski definition) is 4. The summed E-state index contributed by atoms with van der Waals surface area (Å²) in [5.41, 5.74) is -2.53. The molecular weight excluding hydrogens is 600 g/mol. The van der Waals surface area contributed by atoms with Gasteiger partial charge < -0.3 is 20.4 Å². The summed E-state index contributed by atoms with van der Waals surface area (Å²) < 4.78 is 26.7. The standard InChI is InChI=1S/C32H52N4O8S/c1-9-12-13-20(4)16-21(10-2)25(36(29(41)42)30(5,6)7)27(39)35-19-23(37)17-24(35)26(38)33-32(18-22(32)11-3)28(40)34-45(43,44)31(8)14-15-31/h9,11,20-25,37H,1,3,10,12-19H2,2,4-8H3,(H,33,38)(H,34,40)(H,41,42)/t20?,21-,22-,23-,24+,25+,32-/m1/s1. The van der Waals surface area contributed by atoms with E-state index in [4.69, 9.17) is 0 Å². The topological polar surface area (TPSA) is 173 Å². The molecular formula is C32H52N4O8S. The third-order valence-electron chi connectivity index (χ3n) is 9.74. The predicted molar refractivity (Wildman–Crippen MR) is 170 cm³/mol. The van der Waals surface area contributed by atoms with Gasteiger partial charge >= 0.3 is 6.09 Å². The van der Waals surface area contributed by atoms with E-state index in [1.807, 2.05) is 19.9 Å². The summed E-state index contributed by atoms with van der Waals surface area (Å²) in [7, 11) is -3.98. The van der Waals surface area contributed by atoms with Gasteiger partial charge in [0, 0.05) is 24.4 Å². The highest BCUT2D eigenvalue weighted by Gasteiger charge is 2.63. The number of nitrogens with one attached hydrogen (secondary N) is 2. The molecule has 1 saturated heterocycles. The van der Waals surface area contributed by atoms with Crippen LogP contribution in [0.15, 0.2) is 25.3 Å². The van der Waals surface area contributed by atoms with Crippen LogP contribution < -0.4 is 10.0 Å². The van der Waals surface area contributed by atoms with Crippen LogP contribution in [0.4, 0.5) is 4.79 Å². The molecule has 12 nitrogen and oxygen atoms in total. The van der Waals surface area contributed by atoms with E-state index < -0.39 is 73.8 Å². The quantitative estimate of drug-likeness (QED) is 0.195. The van der Waals surface area contributed by atoms with E-state index in [0.29, 0.717) is 25.7 Å². The molecule has 1 unspecified atom stereocenters. The maximum Gasteiger partial charge on any atom is 0.408 e. The van der Waals surface area contributed by atoms with E-state index in [1.165, 1.54) is 11.0 Å². The fourth-order valence-corrected chi connectivity index (χ4v) is 7.81. The highest BCUT2D eigenvalue weighted by atomic mass is 32.2. The van der Waals surface area contributed by atoms with Gasteiger partial charge in [0.05, 0.1) is 10.9 Å². The van der Waals surface area contributed by atoms with Gasteiger partial charge in [0.25, 0.3) is 5.91 Å². The van der Waals surface area contributed by atoms with Crippen molar-refractivity contribution in [1.82, 2.24) is 19.8 Å². The number of carboxylic acid groups (broad SMARTS) is 1. The Morgan fingerprint density at radius 2 is 1.80 bits per heavy atom. The number of amides is 4. The van der Waals surface area contributed by atoms with E-state index in [2.05, 4.69) is 23.2 Å². The maximum absolute atomic E-state index is 14.5. The molecule has 3 aliphatic rings. The van der Waals surface area contributed by atoms with Gasteiger partial charge in [0.15, 0.2) is 0 Å². The van der Waals surface area contributed by atoms with Crippen molar-refractivity contribution in [3.8, 4) is 0 Å². The Labute approximate surface area is 267 Å². The molecule has 7 atom stereocenters. The van der Waals surface area contributed by atoms with Crippen LogP contribution >= 0.6 is 0 Å². The van der Waals surface area contributed by atoms with Crippen molar-refractivity contribution < 1.29 is 37.8 Å². The van der Waals surface area contributed by atoms with Crippen molar-refractivity contribution >= 4 is 33.8 Å². The Morgan fingerprint density at radius 3 is 2.27 bits per heavy atom. The number of β-amino-alcohol motifs (C(OH)–C–C–N with tert-alkyl or cyclic N) is 1. The lowest BCUT2D eigenvalue weighted by Gasteiger charge is -2.44. The Kier molecular flexibility index (Phi) is 10.9. The van der Waals surface area contributed by atoms with Crippen LogP contribution in [0.5, 0.6) is 0 Å². The molecule has 3 rings (SSSR count). The first kappa shape index (κ1) is 36.5. The minimum atomic E-state index is -3.98. The normalized spacial score (nSPS) is 27.4. The van der Waals surface area contributed by atoms with Gasteiger partial charge in [-0.1, -0.05) is 32.4 Å². The molecule has 0 spiro atoms. The highest BCUT2D eigenvalue weighted by molar-refractivity contribution is 7.91. The molecule has 254 valence electrons. The van der Waals surface area contributed by atoms with Crippen LogP contribution in [0.1, 0.15) is 92.9 Å². The molecule has 13 heteroatoms. The summed E-state index contributed by atoms with van der Waals surface area (Å²) in [4.78, 5) is 56.7.